The van der Waals surface area contributed by atoms with E-state index in [-0.39, 0.29) is 24.4 Å². The third-order valence-electron chi connectivity index (χ3n) is 2.97. The van der Waals surface area contributed by atoms with E-state index in [1.54, 1.807) is 18.5 Å². The van der Waals surface area contributed by atoms with Gasteiger partial charge in [-0.3, -0.25) is 14.6 Å². The molecule has 11 heteroatoms. The van der Waals surface area contributed by atoms with Gasteiger partial charge < -0.3 is 0 Å². The molecule has 3 aromatic rings. The number of rotatable bonds is 6. The lowest BCUT2D eigenvalue weighted by Gasteiger charge is -2.06. The first kappa shape index (κ1) is 14.4. The lowest BCUT2D eigenvalue weighted by molar-refractivity contribution is 0.562. The Morgan fingerprint density at radius 1 is 1.36 bits per heavy atom. The molecule has 0 saturated heterocycles. The summed E-state index contributed by atoms with van der Waals surface area (Å²) in [6.07, 6.45) is 4.64. The van der Waals surface area contributed by atoms with Crippen molar-refractivity contribution in [3.63, 3.8) is 0 Å². The van der Waals surface area contributed by atoms with Crippen molar-refractivity contribution in [1.82, 2.24) is 34.3 Å². The second-order valence-corrected chi connectivity index (χ2v) is 6.47. The van der Waals surface area contributed by atoms with Crippen molar-refractivity contribution in [2.24, 2.45) is 0 Å². The van der Waals surface area contributed by atoms with Crippen molar-refractivity contribution in [2.75, 3.05) is 5.75 Å². The predicted octanol–water partition coefficient (Wildman–Crippen LogP) is -1.27. The van der Waals surface area contributed by atoms with E-state index >= 15 is 0 Å². The van der Waals surface area contributed by atoms with E-state index in [2.05, 4.69) is 25.1 Å². The van der Waals surface area contributed by atoms with Gasteiger partial charge in [0.1, 0.15) is 0 Å². The number of nitrogens with zero attached hydrogens (tertiary/aromatic N) is 5. The normalized spacial score (nSPS) is 12.0. The van der Waals surface area contributed by atoms with E-state index in [1.165, 1.54) is 21.5 Å². The molecule has 3 rings (SSSR count). The van der Waals surface area contributed by atoms with E-state index in [4.69, 9.17) is 0 Å². The SMILES string of the molecule is O=c1cc(CNS(=O)(=O)CCn2ccnn2)nc2cc[nH]n12. The number of hydrogen-bond donors (Lipinski definition) is 2. The fourth-order valence-corrected chi connectivity index (χ4v) is 2.83. The highest BCUT2D eigenvalue weighted by atomic mass is 32.2. The van der Waals surface area contributed by atoms with Gasteiger partial charge in [-0.2, -0.15) is 0 Å². The van der Waals surface area contributed by atoms with Crippen LogP contribution in [0.5, 0.6) is 0 Å². The summed E-state index contributed by atoms with van der Waals surface area (Å²) in [4.78, 5) is 15.9. The Bertz CT molecular complexity index is 926. The van der Waals surface area contributed by atoms with Crippen molar-refractivity contribution in [3.05, 3.63) is 46.8 Å². The van der Waals surface area contributed by atoms with Crippen molar-refractivity contribution in [3.8, 4) is 0 Å². The van der Waals surface area contributed by atoms with Crippen LogP contribution in [-0.4, -0.2) is 43.8 Å². The fraction of sp³-hybridized carbons (Fsp3) is 0.273. The Morgan fingerprint density at radius 3 is 3.00 bits per heavy atom. The molecular formula is C11H13N7O3S. The Hall–Kier alpha value is -2.53. The molecule has 0 saturated carbocycles. The molecule has 0 aromatic carbocycles. The summed E-state index contributed by atoms with van der Waals surface area (Å²) < 4.78 is 28.9. The summed E-state index contributed by atoms with van der Waals surface area (Å²) in [5, 5.41) is 10.0. The molecule has 0 radical (unpaired) electrons. The van der Waals surface area contributed by atoms with Gasteiger partial charge in [0.2, 0.25) is 10.0 Å². The third-order valence-corrected chi connectivity index (χ3v) is 4.27. The summed E-state index contributed by atoms with van der Waals surface area (Å²) in [5.74, 6) is -0.137. The van der Waals surface area contributed by atoms with Crippen LogP contribution in [0.15, 0.2) is 35.5 Å². The highest BCUT2D eigenvalue weighted by molar-refractivity contribution is 7.89. The maximum atomic E-state index is 11.9. The van der Waals surface area contributed by atoms with Crippen LogP contribution < -0.4 is 10.3 Å². The zero-order valence-electron chi connectivity index (χ0n) is 11.4. The maximum Gasteiger partial charge on any atom is 0.272 e. The minimum absolute atomic E-state index is 0.0450. The second-order valence-electron chi connectivity index (χ2n) is 4.55. The number of fused-ring (bicyclic) bond motifs is 1. The van der Waals surface area contributed by atoms with Crippen LogP contribution in [0.4, 0.5) is 0 Å². The summed E-state index contributed by atoms with van der Waals surface area (Å²) in [5.41, 5.74) is 0.491. The van der Waals surface area contributed by atoms with E-state index in [0.29, 0.717) is 11.3 Å². The molecule has 0 spiro atoms. The maximum absolute atomic E-state index is 11.9. The zero-order valence-corrected chi connectivity index (χ0v) is 12.2. The van der Waals surface area contributed by atoms with Gasteiger partial charge in [-0.05, 0) is 0 Å². The standard InChI is InChI=1S/C11H13N7O3S/c19-11-7-9(15-10-1-2-13-18(10)11)8-14-22(20,21)6-5-17-4-3-12-16-17/h1-4,7,13-14H,5-6,8H2. The zero-order chi connectivity index (χ0) is 15.6. The van der Waals surface area contributed by atoms with Crippen molar-refractivity contribution >= 4 is 15.7 Å². The molecule has 3 heterocycles. The Kier molecular flexibility index (Phi) is 3.73. The number of aromatic nitrogens is 6. The number of nitrogens with one attached hydrogen (secondary N) is 2. The fourth-order valence-electron chi connectivity index (χ4n) is 1.89. The number of hydrogen-bond acceptors (Lipinski definition) is 6. The van der Waals surface area contributed by atoms with Gasteiger partial charge >= 0.3 is 0 Å². The molecule has 0 atom stereocenters. The molecule has 0 bridgehead atoms. The van der Waals surface area contributed by atoms with Crippen LogP contribution in [0, 0.1) is 0 Å². The molecule has 22 heavy (non-hydrogen) atoms. The smallest absolute Gasteiger partial charge is 0.272 e. The van der Waals surface area contributed by atoms with Gasteiger partial charge in [0.15, 0.2) is 5.65 Å². The molecule has 3 aromatic heterocycles. The minimum atomic E-state index is -3.50. The number of aryl methyl sites for hydroxylation is 1. The predicted molar refractivity (Wildman–Crippen MR) is 76.5 cm³/mol. The third kappa shape index (κ3) is 3.20. The van der Waals surface area contributed by atoms with Gasteiger partial charge in [0.05, 0.1) is 30.7 Å². The average Bonchev–Trinajstić information content (AvgIpc) is 3.14. The average molecular weight is 323 g/mol. The van der Waals surface area contributed by atoms with Crippen LogP contribution in [0.1, 0.15) is 5.69 Å². The quantitative estimate of drug-likeness (QED) is 0.582. The Balaban J connectivity index is 1.66. The molecular weight excluding hydrogens is 310 g/mol. The molecule has 10 nitrogen and oxygen atoms in total. The molecule has 0 aliphatic rings. The lowest BCUT2D eigenvalue weighted by Crippen LogP contribution is -2.29. The number of sulfonamides is 1. The van der Waals surface area contributed by atoms with Crippen LogP contribution in [0.3, 0.4) is 0 Å². The second kappa shape index (κ2) is 5.69. The van der Waals surface area contributed by atoms with Gasteiger partial charge in [0, 0.05) is 24.5 Å². The van der Waals surface area contributed by atoms with Gasteiger partial charge in [0.25, 0.3) is 5.56 Å². The monoisotopic (exact) mass is 323 g/mol. The lowest BCUT2D eigenvalue weighted by atomic mass is 10.4. The van der Waals surface area contributed by atoms with Gasteiger partial charge in [-0.25, -0.2) is 22.6 Å². The number of aromatic amines is 1. The van der Waals surface area contributed by atoms with Crippen molar-refractivity contribution < 1.29 is 8.42 Å². The van der Waals surface area contributed by atoms with Gasteiger partial charge in [-0.15, -0.1) is 5.10 Å². The molecule has 0 unspecified atom stereocenters. The van der Waals surface area contributed by atoms with E-state index in [1.807, 2.05) is 0 Å². The highest BCUT2D eigenvalue weighted by Gasteiger charge is 2.12. The van der Waals surface area contributed by atoms with Crippen molar-refractivity contribution in [1.29, 1.82) is 0 Å². The summed E-state index contributed by atoms with van der Waals surface area (Å²) in [6.45, 7) is 0.152. The highest BCUT2D eigenvalue weighted by Crippen LogP contribution is 1.98. The Labute approximate surface area is 124 Å². The molecule has 0 amide bonds. The van der Waals surface area contributed by atoms with E-state index in [9.17, 15) is 13.2 Å². The largest absolute Gasteiger partial charge is 0.297 e. The van der Waals surface area contributed by atoms with Crippen LogP contribution in [-0.2, 0) is 23.1 Å². The van der Waals surface area contributed by atoms with E-state index < -0.39 is 10.0 Å². The molecule has 0 fully saturated rings. The Morgan fingerprint density at radius 2 is 2.23 bits per heavy atom. The first-order valence-electron chi connectivity index (χ1n) is 6.41. The van der Waals surface area contributed by atoms with Gasteiger partial charge in [-0.1, -0.05) is 5.21 Å². The number of H-pyrrole nitrogens is 1. The summed E-state index contributed by atoms with van der Waals surface area (Å²) in [7, 11) is -3.50. The van der Waals surface area contributed by atoms with Crippen LogP contribution in [0.2, 0.25) is 0 Å². The molecule has 0 aliphatic carbocycles. The first-order valence-corrected chi connectivity index (χ1v) is 8.06. The topological polar surface area (TPSA) is 127 Å². The van der Waals surface area contributed by atoms with Crippen LogP contribution >= 0.6 is 0 Å². The summed E-state index contributed by atoms with van der Waals surface area (Å²) >= 11 is 0. The van der Waals surface area contributed by atoms with Crippen LogP contribution in [0.25, 0.3) is 5.65 Å². The summed E-state index contributed by atoms with van der Waals surface area (Å²) in [6, 6.07) is 2.91. The molecule has 116 valence electrons. The minimum Gasteiger partial charge on any atom is -0.297 e. The molecule has 2 N–H and O–H groups in total. The van der Waals surface area contributed by atoms with Crippen molar-refractivity contribution in [2.45, 2.75) is 13.1 Å². The first-order chi connectivity index (χ1) is 10.5. The molecule has 0 aliphatic heterocycles. The van der Waals surface area contributed by atoms with E-state index in [0.717, 1.165) is 0 Å².